The number of carbonyl (C=O) groups is 1. The third kappa shape index (κ3) is 1.86. The van der Waals surface area contributed by atoms with Crippen LogP contribution in [0.2, 0.25) is 0 Å². The smallest absolute Gasteiger partial charge is 0.313 e. The molecule has 3 heteroatoms. The van der Waals surface area contributed by atoms with Gasteiger partial charge in [-0.25, -0.2) is 4.79 Å². The lowest BCUT2D eigenvalue weighted by molar-refractivity contribution is -0.688. The fourth-order valence-corrected chi connectivity index (χ4v) is 0.793. The van der Waals surface area contributed by atoms with Crippen molar-refractivity contribution in [2.75, 3.05) is 0 Å². The molecule has 1 rings (SSSR count). The van der Waals surface area contributed by atoms with E-state index in [1.165, 1.54) is 6.92 Å². The maximum absolute atomic E-state index is 11.0. The van der Waals surface area contributed by atoms with Crippen molar-refractivity contribution in [1.29, 1.82) is 0 Å². The number of benzene rings is 1. The van der Waals surface area contributed by atoms with Crippen molar-refractivity contribution in [3.63, 3.8) is 0 Å². The summed E-state index contributed by atoms with van der Waals surface area (Å²) in [5, 5.41) is 10.6. The van der Waals surface area contributed by atoms with E-state index < -0.39 is 11.0 Å². The molecular formula is C8H9NO2. The van der Waals surface area contributed by atoms with Crippen molar-refractivity contribution in [1.82, 2.24) is 0 Å². The van der Waals surface area contributed by atoms with Crippen molar-refractivity contribution >= 4 is 11.6 Å². The third-order valence-corrected chi connectivity index (χ3v) is 1.36. The summed E-state index contributed by atoms with van der Waals surface area (Å²) in [4.78, 5) is 10.6. The molecule has 1 atom stereocenters. The highest BCUT2D eigenvalue weighted by molar-refractivity contribution is 5.66. The van der Waals surface area contributed by atoms with Gasteiger partial charge in [-0.3, -0.25) is 5.06 Å². The Balaban J connectivity index is 2.85. The summed E-state index contributed by atoms with van der Waals surface area (Å²) < 4.78 is 0. The number of amides is 1. The summed E-state index contributed by atoms with van der Waals surface area (Å²) in [6.07, 6.45) is 0. The van der Waals surface area contributed by atoms with E-state index in [0.29, 0.717) is 5.69 Å². The molecule has 58 valence electrons. The highest BCUT2D eigenvalue weighted by atomic mass is 16.5. The Bertz CT molecular complexity index is 246. The fraction of sp³-hybridized carbons (Fsp3) is 0.125. The van der Waals surface area contributed by atoms with E-state index in [2.05, 4.69) is 0 Å². The van der Waals surface area contributed by atoms with Crippen LogP contribution in [0.1, 0.15) is 6.92 Å². The molecule has 0 aromatic heterocycles. The van der Waals surface area contributed by atoms with Crippen molar-refractivity contribution < 1.29 is 9.86 Å². The second-order valence-corrected chi connectivity index (χ2v) is 2.25. The van der Waals surface area contributed by atoms with Gasteiger partial charge in [0.1, 0.15) is 5.69 Å². The van der Waals surface area contributed by atoms with Gasteiger partial charge in [-0.2, -0.15) is 0 Å². The zero-order valence-corrected chi connectivity index (χ0v) is 6.20. The molecule has 0 aliphatic rings. The van der Waals surface area contributed by atoms with Gasteiger partial charge >= 0.3 is 5.91 Å². The predicted molar refractivity (Wildman–Crippen MR) is 41.1 cm³/mol. The molecule has 0 aliphatic carbocycles. The van der Waals surface area contributed by atoms with Gasteiger partial charge in [0.25, 0.3) is 0 Å². The maximum atomic E-state index is 11.0. The van der Waals surface area contributed by atoms with Crippen LogP contribution in [-0.4, -0.2) is 5.91 Å². The molecule has 3 nitrogen and oxygen atoms in total. The SMILES string of the molecule is CC(=O)[NH+]([O-])c1ccccc1. The van der Waals surface area contributed by atoms with E-state index in [1.54, 1.807) is 30.3 Å². The minimum Gasteiger partial charge on any atom is -0.621 e. The van der Waals surface area contributed by atoms with Gasteiger partial charge in [-0.05, 0) is 12.1 Å². The normalized spacial score (nSPS) is 12.5. The second kappa shape index (κ2) is 3.27. The van der Waals surface area contributed by atoms with Gasteiger partial charge in [0, 0.05) is 0 Å². The highest BCUT2D eigenvalue weighted by Gasteiger charge is 2.04. The minimum atomic E-state index is -0.425. The van der Waals surface area contributed by atoms with E-state index in [0.717, 1.165) is 0 Å². The van der Waals surface area contributed by atoms with Gasteiger partial charge in [0.15, 0.2) is 0 Å². The van der Waals surface area contributed by atoms with Crippen LogP contribution < -0.4 is 5.06 Å². The summed E-state index contributed by atoms with van der Waals surface area (Å²) in [5.74, 6) is -0.420. The van der Waals surface area contributed by atoms with Crippen molar-refractivity contribution in [2.24, 2.45) is 0 Å². The Morgan fingerprint density at radius 2 is 1.91 bits per heavy atom. The maximum Gasteiger partial charge on any atom is 0.313 e. The second-order valence-electron chi connectivity index (χ2n) is 2.25. The Hall–Kier alpha value is -1.19. The fourth-order valence-electron chi connectivity index (χ4n) is 0.793. The van der Waals surface area contributed by atoms with Crippen molar-refractivity contribution in [2.45, 2.75) is 6.92 Å². The predicted octanol–water partition coefficient (Wildman–Crippen LogP) is 0.247. The van der Waals surface area contributed by atoms with E-state index in [4.69, 9.17) is 0 Å². The molecule has 0 bridgehead atoms. The lowest BCUT2D eigenvalue weighted by Gasteiger charge is -2.16. The zero-order chi connectivity index (χ0) is 8.27. The monoisotopic (exact) mass is 151 g/mol. The van der Waals surface area contributed by atoms with Crippen LogP contribution in [0, 0.1) is 5.21 Å². The molecule has 1 unspecified atom stereocenters. The molecule has 1 aromatic rings. The number of nitrogens with one attached hydrogen (secondary N) is 1. The van der Waals surface area contributed by atoms with Crippen LogP contribution in [0.5, 0.6) is 0 Å². The van der Waals surface area contributed by atoms with E-state index in [9.17, 15) is 10.0 Å². The lowest BCUT2D eigenvalue weighted by atomic mass is 10.3. The van der Waals surface area contributed by atoms with Gasteiger partial charge in [-0.1, -0.05) is 18.2 Å². The lowest BCUT2D eigenvalue weighted by Crippen LogP contribution is -3.04. The van der Waals surface area contributed by atoms with Crippen molar-refractivity contribution in [3.05, 3.63) is 35.5 Å². The molecule has 11 heavy (non-hydrogen) atoms. The summed E-state index contributed by atoms with van der Waals surface area (Å²) in [6.45, 7) is 1.27. The standard InChI is InChI=1S/C8H9NO2/c1-7(10)9(11)8-5-3-2-4-6-8/h2-6,9H,1H3. The molecule has 0 fully saturated rings. The topological polar surface area (TPSA) is 44.6 Å². The molecule has 1 amide bonds. The first-order chi connectivity index (χ1) is 5.22. The average Bonchev–Trinajstić information content (AvgIpc) is 2.05. The van der Waals surface area contributed by atoms with E-state index in [-0.39, 0.29) is 0 Å². The van der Waals surface area contributed by atoms with Crippen LogP contribution in [0.4, 0.5) is 5.69 Å². The first-order valence-electron chi connectivity index (χ1n) is 3.32. The number of rotatable bonds is 1. The van der Waals surface area contributed by atoms with E-state index >= 15 is 0 Å². The van der Waals surface area contributed by atoms with Crippen LogP contribution in [0.3, 0.4) is 0 Å². The highest BCUT2D eigenvalue weighted by Crippen LogP contribution is 1.97. The van der Waals surface area contributed by atoms with Crippen LogP contribution >= 0.6 is 0 Å². The quantitative estimate of drug-likeness (QED) is 0.584. The Kier molecular flexibility index (Phi) is 2.36. The molecule has 0 saturated carbocycles. The summed E-state index contributed by atoms with van der Waals surface area (Å²) in [6, 6.07) is 8.52. The number of para-hydroxylation sites is 1. The molecule has 0 spiro atoms. The molecule has 1 aromatic carbocycles. The number of hydrogen-bond donors (Lipinski definition) is 1. The Morgan fingerprint density at radius 3 is 2.36 bits per heavy atom. The van der Waals surface area contributed by atoms with Crippen LogP contribution in [-0.2, 0) is 4.79 Å². The van der Waals surface area contributed by atoms with E-state index in [1.807, 2.05) is 0 Å². The third-order valence-electron chi connectivity index (χ3n) is 1.36. The van der Waals surface area contributed by atoms with Crippen LogP contribution in [0.15, 0.2) is 30.3 Å². The van der Waals surface area contributed by atoms with Gasteiger partial charge in [0.05, 0.1) is 6.92 Å². The number of hydroxylamine groups is 1. The summed E-state index contributed by atoms with van der Waals surface area (Å²) in [7, 11) is 0. The van der Waals surface area contributed by atoms with Gasteiger partial charge in [-0.15, -0.1) is 0 Å². The molecule has 0 aliphatic heterocycles. The largest absolute Gasteiger partial charge is 0.621 e. The molecular weight excluding hydrogens is 142 g/mol. The summed E-state index contributed by atoms with van der Waals surface area (Å²) >= 11 is 0. The number of hydrogen-bond acceptors (Lipinski definition) is 2. The van der Waals surface area contributed by atoms with Crippen molar-refractivity contribution in [3.8, 4) is 0 Å². The summed E-state index contributed by atoms with van der Waals surface area (Å²) in [5.41, 5.74) is 0.458. The molecule has 0 heterocycles. The number of carbonyl (C=O) groups excluding carboxylic acids is 1. The molecule has 0 saturated heterocycles. The molecule has 0 radical (unpaired) electrons. The van der Waals surface area contributed by atoms with Gasteiger partial charge < -0.3 is 5.21 Å². The number of quaternary nitrogens is 1. The first-order valence-corrected chi connectivity index (χ1v) is 3.32. The van der Waals surface area contributed by atoms with Gasteiger partial charge in [0.2, 0.25) is 0 Å². The van der Waals surface area contributed by atoms with Crippen LogP contribution in [0.25, 0.3) is 0 Å². The minimum absolute atomic E-state index is 0.420. The zero-order valence-electron chi connectivity index (χ0n) is 6.20. The Labute approximate surface area is 64.8 Å². The molecule has 1 N–H and O–H groups in total. The average molecular weight is 151 g/mol. The first kappa shape index (κ1) is 7.91. The Morgan fingerprint density at radius 1 is 1.36 bits per heavy atom.